The van der Waals surface area contributed by atoms with Gasteiger partial charge in [-0.05, 0) is 48.8 Å². The van der Waals surface area contributed by atoms with Gasteiger partial charge >= 0.3 is 0 Å². The van der Waals surface area contributed by atoms with Gasteiger partial charge in [0, 0.05) is 18.6 Å². The standard InChI is InChI=1S/C18H28N2/c1-3-6-14-9-10-20(12-14)17-11-13(2)15-7-4-5-8-16(15)18(17)19/h4-5,7-8,13-14,17-18H,3,6,9-12,19H2,1-2H3. The quantitative estimate of drug-likeness (QED) is 0.909. The molecule has 0 spiro atoms. The number of nitrogens with zero attached hydrogens (tertiary/aromatic N) is 1. The average molecular weight is 272 g/mol. The first-order chi connectivity index (χ1) is 9.70. The fourth-order valence-corrected chi connectivity index (χ4v) is 4.29. The van der Waals surface area contributed by atoms with E-state index in [2.05, 4.69) is 43.0 Å². The molecule has 0 aromatic heterocycles. The van der Waals surface area contributed by atoms with Crippen molar-refractivity contribution in [3.8, 4) is 0 Å². The maximum atomic E-state index is 6.61. The lowest BCUT2D eigenvalue weighted by Crippen LogP contribution is -2.45. The second kappa shape index (κ2) is 5.87. The normalized spacial score (nSPS) is 34.1. The lowest BCUT2D eigenvalue weighted by Gasteiger charge is -2.40. The van der Waals surface area contributed by atoms with Crippen molar-refractivity contribution >= 4 is 0 Å². The minimum absolute atomic E-state index is 0.197. The van der Waals surface area contributed by atoms with E-state index < -0.39 is 0 Å². The van der Waals surface area contributed by atoms with Gasteiger partial charge in [-0.15, -0.1) is 0 Å². The number of likely N-dealkylation sites (tertiary alicyclic amines) is 1. The maximum absolute atomic E-state index is 6.61. The van der Waals surface area contributed by atoms with Gasteiger partial charge in [-0.1, -0.05) is 44.5 Å². The van der Waals surface area contributed by atoms with E-state index in [1.807, 2.05) is 0 Å². The summed E-state index contributed by atoms with van der Waals surface area (Å²) in [5.41, 5.74) is 9.47. The summed E-state index contributed by atoms with van der Waals surface area (Å²) in [6.07, 6.45) is 5.28. The zero-order valence-electron chi connectivity index (χ0n) is 12.9. The predicted molar refractivity (Wildman–Crippen MR) is 84.8 cm³/mol. The van der Waals surface area contributed by atoms with Gasteiger partial charge < -0.3 is 5.73 Å². The monoisotopic (exact) mass is 272 g/mol. The highest BCUT2D eigenvalue weighted by Crippen LogP contribution is 2.40. The average Bonchev–Trinajstić information content (AvgIpc) is 2.92. The minimum atomic E-state index is 0.197. The van der Waals surface area contributed by atoms with E-state index in [9.17, 15) is 0 Å². The second-order valence-corrected chi connectivity index (χ2v) is 6.80. The zero-order valence-corrected chi connectivity index (χ0v) is 12.9. The summed E-state index contributed by atoms with van der Waals surface area (Å²) in [5.74, 6) is 1.54. The van der Waals surface area contributed by atoms with Crippen molar-refractivity contribution < 1.29 is 0 Å². The number of fused-ring (bicyclic) bond motifs is 1. The van der Waals surface area contributed by atoms with Gasteiger partial charge in [0.25, 0.3) is 0 Å². The third-order valence-corrected chi connectivity index (χ3v) is 5.38. The highest BCUT2D eigenvalue weighted by molar-refractivity contribution is 5.36. The van der Waals surface area contributed by atoms with Gasteiger partial charge in [-0.2, -0.15) is 0 Å². The molecule has 0 saturated carbocycles. The van der Waals surface area contributed by atoms with Crippen molar-refractivity contribution in [3.05, 3.63) is 35.4 Å². The van der Waals surface area contributed by atoms with Gasteiger partial charge in [0.2, 0.25) is 0 Å². The highest BCUT2D eigenvalue weighted by atomic mass is 15.2. The number of rotatable bonds is 3. The Labute approximate surface area is 123 Å². The van der Waals surface area contributed by atoms with Gasteiger partial charge in [0.15, 0.2) is 0 Å². The summed E-state index contributed by atoms with van der Waals surface area (Å²) in [5, 5.41) is 0. The molecule has 4 unspecified atom stereocenters. The first-order valence-electron chi connectivity index (χ1n) is 8.29. The first-order valence-corrected chi connectivity index (χ1v) is 8.29. The van der Waals surface area contributed by atoms with Crippen molar-refractivity contribution in [2.24, 2.45) is 11.7 Å². The van der Waals surface area contributed by atoms with E-state index in [-0.39, 0.29) is 6.04 Å². The molecule has 0 bridgehead atoms. The largest absolute Gasteiger partial charge is 0.323 e. The number of nitrogens with two attached hydrogens (primary N) is 1. The van der Waals surface area contributed by atoms with Crippen LogP contribution in [-0.4, -0.2) is 24.0 Å². The van der Waals surface area contributed by atoms with Crippen LogP contribution in [0.15, 0.2) is 24.3 Å². The van der Waals surface area contributed by atoms with Gasteiger partial charge in [0.1, 0.15) is 0 Å². The SMILES string of the molecule is CCCC1CCN(C2CC(C)c3ccccc3C2N)C1. The molecule has 20 heavy (non-hydrogen) atoms. The lowest BCUT2D eigenvalue weighted by molar-refractivity contribution is 0.174. The molecule has 110 valence electrons. The van der Waals surface area contributed by atoms with Crippen LogP contribution in [0.3, 0.4) is 0 Å². The van der Waals surface area contributed by atoms with E-state index in [4.69, 9.17) is 5.73 Å². The molecule has 1 aromatic carbocycles. The smallest absolute Gasteiger partial charge is 0.0456 e. The van der Waals surface area contributed by atoms with E-state index in [0.717, 1.165) is 5.92 Å². The summed E-state index contributed by atoms with van der Waals surface area (Å²) in [4.78, 5) is 2.68. The Balaban J connectivity index is 1.76. The Hall–Kier alpha value is -0.860. The van der Waals surface area contributed by atoms with E-state index in [0.29, 0.717) is 12.0 Å². The van der Waals surface area contributed by atoms with Crippen molar-refractivity contribution in [2.75, 3.05) is 13.1 Å². The molecule has 0 radical (unpaired) electrons. The Kier molecular flexibility index (Phi) is 4.13. The van der Waals surface area contributed by atoms with E-state index in [1.54, 1.807) is 0 Å². The van der Waals surface area contributed by atoms with Crippen molar-refractivity contribution in [1.29, 1.82) is 0 Å². The molecule has 1 aromatic rings. The molecule has 1 aliphatic carbocycles. The lowest BCUT2D eigenvalue weighted by atomic mass is 9.78. The number of benzene rings is 1. The molecule has 1 aliphatic heterocycles. The molecule has 1 heterocycles. The molecular formula is C18H28N2. The van der Waals surface area contributed by atoms with Crippen LogP contribution in [0.25, 0.3) is 0 Å². The Bertz CT molecular complexity index is 456. The first kappa shape index (κ1) is 14.1. The third kappa shape index (κ3) is 2.51. The summed E-state index contributed by atoms with van der Waals surface area (Å²) in [7, 11) is 0. The van der Waals surface area contributed by atoms with Crippen LogP contribution in [-0.2, 0) is 0 Å². The van der Waals surface area contributed by atoms with Crippen LogP contribution < -0.4 is 5.73 Å². The van der Waals surface area contributed by atoms with Crippen LogP contribution in [0.1, 0.15) is 62.6 Å². The molecule has 1 saturated heterocycles. The van der Waals surface area contributed by atoms with Crippen LogP contribution in [0, 0.1) is 5.92 Å². The zero-order chi connectivity index (χ0) is 14.1. The number of hydrogen-bond acceptors (Lipinski definition) is 2. The molecule has 2 nitrogen and oxygen atoms in total. The Morgan fingerprint density at radius 2 is 2.00 bits per heavy atom. The third-order valence-electron chi connectivity index (χ3n) is 5.38. The van der Waals surface area contributed by atoms with E-state index >= 15 is 0 Å². The molecule has 2 N–H and O–H groups in total. The molecular weight excluding hydrogens is 244 g/mol. The Morgan fingerprint density at radius 3 is 2.75 bits per heavy atom. The fourth-order valence-electron chi connectivity index (χ4n) is 4.29. The van der Waals surface area contributed by atoms with Crippen molar-refractivity contribution in [2.45, 2.75) is 57.5 Å². The second-order valence-electron chi connectivity index (χ2n) is 6.80. The van der Waals surface area contributed by atoms with Crippen LogP contribution in [0.4, 0.5) is 0 Å². The van der Waals surface area contributed by atoms with Crippen LogP contribution >= 0.6 is 0 Å². The van der Waals surface area contributed by atoms with Gasteiger partial charge in [-0.3, -0.25) is 4.90 Å². The molecule has 3 rings (SSSR count). The van der Waals surface area contributed by atoms with Crippen LogP contribution in [0.5, 0.6) is 0 Å². The Morgan fingerprint density at radius 1 is 1.25 bits per heavy atom. The maximum Gasteiger partial charge on any atom is 0.0456 e. The van der Waals surface area contributed by atoms with E-state index in [1.165, 1.54) is 49.9 Å². The predicted octanol–water partition coefficient (Wildman–Crippen LogP) is 3.68. The highest BCUT2D eigenvalue weighted by Gasteiger charge is 2.37. The van der Waals surface area contributed by atoms with Crippen LogP contribution in [0.2, 0.25) is 0 Å². The summed E-state index contributed by atoms with van der Waals surface area (Å²) >= 11 is 0. The van der Waals surface area contributed by atoms with Gasteiger partial charge in [0.05, 0.1) is 0 Å². The molecule has 0 amide bonds. The molecule has 2 aliphatic rings. The molecule has 1 fully saturated rings. The van der Waals surface area contributed by atoms with Crippen molar-refractivity contribution in [1.82, 2.24) is 4.90 Å². The molecule has 2 heteroatoms. The minimum Gasteiger partial charge on any atom is -0.323 e. The summed E-state index contributed by atoms with van der Waals surface area (Å²) < 4.78 is 0. The fraction of sp³-hybridized carbons (Fsp3) is 0.667. The van der Waals surface area contributed by atoms with Crippen molar-refractivity contribution in [3.63, 3.8) is 0 Å². The molecule has 4 atom stereocenters. The summed E-state index contributed by atoms with van der Waals surface area (Å²) in [6, 6.07) is 9.53. The number of hydrogen-bond donors (Lipinski definition) is 1. The summed E-state index contributed by atoms with van der Waals surface area (Å²) in [6.45, 7) is 7.17. The van der Waals surface area contributed by atoms with Gasteiger partial charge in [-0.25, -0.2) is 0 Å². The topological polar surface area (TPSA) is 29.3 Å².